The summed E-state index contributed by atoms with van der Waals surface area (Å²) in [7, 11) is 0. The summed E-state index contributed by atoms with van der Waals surface area (Å²) in [4.78, 5) is 0. The van der Waals surface area contributed by atoms with Gasteiger partial charge in [0.1, 0.15) is 0 Å². The molecule has 0 heterocycles. The van der Waals surface area contributed by atoms with E-state index in [0.29, 0.717) is 0 Å². The molecule has 0 rings (SSSR count). The van der Waals surface area contributed by atoms with Crippen molar-refractivity contribution in [2.24, 2.45) is 0 Å². The minimum atomic E-state index is 1.19. The average Bonchev–Trinajstić information content (AvgIpc) is 2.16. The maximum Gasteiger partial charge on any atom is -0.0323 e. The molecule has 0 fully saturated rings. The van der Waals surface area contributed by atoms with E-state index in [-0.39, 0.29) is 0 Å². The van der Waals surface area contributed by atoms with E-state index in [2.05, 4.69) is 26.5 Å². The Labute approximate surface area is 83.7 Å². The fraction of sp³-hybridized carbons (Fsp3) is 0.692. The Morgan fingerprint density at radius 3 is 2.31 bits per heavy atom. The fourth-order valence-electron chi connectivity index (χ4n) is 1.37. The van der Waals surface area contributed by atoms with E-state index in [9.17, 15) is 0 Å². The van der Waals surface area contributed by atoms with Crippen molar-refractivity contribution in [3.63, 3.8) is 0 Å². The number of rotatable bonds is 8. The van der Waals surface area contributed by atoms with Gasteiger partial charge < -0.3 is 0 Å². The van der Waals surface area contributed by atoms with E-state index in [4.69, 9.17) is 0 Å². The zero-order chi connectivity index (χ0) is 9.94. The highest BCUT2D eigenvalue weighted by molar-refractivity contribution is 4.94. The van der Waals surface area contributed by atoms with Gasteiger partial charge in [0.2, 0.25) is 0 Å². The van der Waals surface area contributed by atoms with Gasteiger partial charge in [-0.1, -0.05) is 37.0 Å². The Balaban J connectivity index is 3.04. The van der Waals surface area contributed by atoms with Crippen molar-refractivity contribution in [2.75, 3.05) is 0 Å². The van der Waals surface area contributed by atoms with E-state index in [1.165, 1.54) is 50.5 Å². The summed E-state index contributed by atoms with van der Waals surface area (Å²) >= 11 is 0. The lowest BCUT2D eigenvalue weighted by Gasteiger charge is -2.00. The van der Waals surface area contributed by atoms with Crippen molar-refractivity contribution >= 4 is 0 Å². The maximum absolute atomic E-state index is 3.72. The molecular formula is C13H24. The van der Waals surface area contributed by atoms with Crippen molar-refractivity contribution < 1.29 is 0 Å². The smallest absolute Gasteiger partial charge is 0.0323 e. The van der Waals surface area contributed by atoms with Crippen LogP contribution >= 0.6 is 0 Å². The van der Waals surface area contributed by atoms with Gasteiger partial charge in [0.05, 0.1) is 0 Å². The van der Waals surface area contributed by atoms with E-state index in [0.717, 1.165) is 0 Å². The minimum Gasteiger partial charge on any atom is -0.103 e. The molecule has 0 amide bonds. The van der Waals surface area contributed by atoms with Crippen LogP contribution in [0.1, 0.15) is 58.8 Å². The Hall–Kier alpha value is -0.520. The minimum absolute atomic E-state index is 1.19. The average molecular weight is 180 g/mol. The van der Waals surface area contributed by atoms with Crippen LogP contribution in [0.25, 0.3) is 0 Å². The predicted octanol–water partition coefficient (Wildman–Crippen LogP) is 4.87. The number of unbranched alkanes of at least 4 members (excludes halogenated alkanes) is 5. The topological polar surface area (TPSA) is 0 Å². The Bertz CT molecular complexity index is 142. The second kappa shape index (κ2) is 9.57. The Morgan fingerprint density at radius 1 is 1.08 bits per heavy atom. The van der Waals surface area contributed by atoms with Gasteiger partial charge in [0.25, 0.3) is 0 Å². The van der Waals surface area contributed by atoms with Crippen LogP contribution in [0.2, 0.25) is 0 Å². The molecule has 0 saturated heterocycles. The molecule has 0 saturated carbocycles. The Kier molecular flexibility index (Phi) is 9.18. The van der Waals surface area contributed by atoms with Crippen molar-refractivity contribution in [3.8, 4) is 0 Å². The van der Waals surface area contributed by atoms with Crippen LogP contribution in [0.5, 0.6) is 0 Å². The molecule has 0 aliphatic carbocycles. The van der Waals surface area contributed by atoms with Gasteiger partial charge >= 0.3 is 0 Å². The highest BCUT2D eigenvalue weighted by Crippen LogP contribution is 2.11. The third-order valence-corrected chi connectivity index (χ3v) is 2.47. The lowest BCUT2D eigenvalue weighted by molar-refractivity contribution is 0.616. The van der Waals surface area contributed by atoms with Crippen molar-refractivity contribution in [1.29, 1.82) is 0 Å². The van der Waals surface area contributed by atoms with Crippen LogP contribution in [0.3, 0.4) is 0 Å². The molecule has 0 heteroatoms. The summed E-state index contributed by atoms with van der Waals surface area (Å²) in [6, 6.07) is 0. The first-order chi connectivity index (χ1) is 6.31. The van der Waals surface area contributed by atoms with Crippen LogP contribution < -0.4 is 0 Å². The molecule has 0 nitrogen and oxygen atoms in total. The van der Waals surface area contributed by atoms with Gasteiger partial charge in [-0.2, -0.15) is 0 Å². The molecule has 76 valence electrons. The lowest BCUT2D eigenvalue weighted by Crippen LogP contribution is -1.80. The van der Waals surface area contributed by atoms with Gasteiger partial charge in [0, 0.05) is 0 Å². The summed E-state index contributed by atoms with van der Waals surface area (Å²) < 4.78 is 0. The van der Waals surface area contributed by atoms with E-state index in [1.807, 2.05) is 6.08 Å². The molecule has 13 heavy (non-hydrogen) atoms. The second-order valence-electron chi connectivity index (χ2n) is 3.73. The maximum atomic E-state index is 3.72. The van der Waals surface area contributed by atoms with Crippen LogP contribution in [0.15, 0.2) is 24.3 Å². The molecule has 0 spiro atoms. The first kappa shape index (κ1) is 12.5. The SMILES string of the molecule is C=CCCCCCCCC(C)=CC. The third kappa shape index (κ3) is 9.39. The first-order valence-electron chi connectivity index (χ1n) is 5.54. The van der Waals surface area contributed by atoms with Crippen molar-refractivity contribution in [1.82, 2.24) is 0 Å². The highest BCUT2D eigenvalue weighted by Gasteiger charge is 1.91. The monoisotopic (exact) mass is 180 g/mol. The summed E-state index contributed by atoms with van der Waals surface area (Å²) in [6.07, 6.45) is 13.6. The van der Waals surface area contributed by atoms with E-state index >= 15 is 0 Å². The number of allylic oxidation sites excluding steroid dienone is 3. The first-order valence-corrected chi connectivity index (χ1v) is 5.54. The van der Waals surface area contributed by atoms with Gasteiger partial charge in [-0.3, -0.25) is 0 Å². The molecule has 0 bridgehead atoms. The van der Waals surface area contributed by atoms with Gasteiger partial charge in [-0.25, -0.2) is 0 Å². The molecule has 0 radical (unpaired) electrons. The summed E-state index contributed by atoms with van der Waals surface area (Å²) in [5.74, 6) is 0. The Morgan fingerprint density at radius 2 is 1.69 bits per heavy atom. The number of hydrogen-bond acceptors (Lipinski definition) is 0. The predicted molar refractivity (Wildman–Crippen MR) is 61.9 cm³/mol. The summed E-state index contributed by atoms with van der Waals surface area (Å²) in [6.45, 7) is 8.07. The summed E-state index contributed by atoms with van der Waals surface area (Å²) in [5, 5.41) is 0. The lowest BCUT2D eigenvalue weighted by atomic mass is 10.1. The molecule has 0 atom stereocenters. The van der Waals surface area contributed by atoms with Gasteiger partial charge in [-0.15, -0.1) is 6.58 Å². The molecule has 0 aliphatic rings. The largest absolute Gasteiger partial charge is 0.103 e. The van der Waals surface area contributed by atoms with Crippen molar-refractivity contribution in [3.05, 3.63) is 24.3 Å². The summed E-state index contributed by atoms with van der Waals surface area (Å²) in [5.41, 5.74) is 1.53. The van der Waals surface area contributed by atoms with Crippen LogP contribution in [-0.2, 0) is 0 Å². The molecule has 0 aromatic carbocycles. The van der Waals surface area contributed by atoms with Crippen molar-refractivity contribution in [2.45, 2.75) is 58.8 Å². The second-order valence-corrected chi connectivity index (χ2v) is 3.73. The van der Waals surface area contributed by atoms with Gasteiger partial charge in [-0.05, 0) is 39.5 Å². The zero-order valence-corrected chi connectivity index (χ0v) is 9.31. The molecule has 0 aromatic rings. The van der Waals surface area contributed by atoms with Crippen LogP contribution in [0, 0.1) is 0 Å². The van der Waals surface area contributed by atoms with E-state index < -0.39 is 0 Å². The fourth-order valence-corrected chi connectivity index (χ4v) is 1.37. The van der Waals surface area contributed by atoms with Gasteiger partial charge in [0.15, 0.2) is 0 Å². The molecule has 0 aliphatic heterocycles. The highest BCUT2D eigenvalue weighted by atomic mass is 14.0. The van der Waals surface area contributed by atoms with Crippen LogP contribution in [0.4, 0.5) is 0 Å². The molecule has 0 aromatic heterocycles. The van der Waals surface area contributed by atoms with Crippen LogP contribution in [-0.4, -0.2) is 0 Å². The zero-order valence-electron chi connectivity index (χ0n) is 9.31. The third-order valence-electron chi connectivity index (χ3n) is 2.47. The normalized spacial score (nSPS) is 11.7. The molecular weight excluding hydrogens is 156 g/mol. The molecule has 0 N–H and O–H groups in total. The quantitative estimate of drug-likeness (QED) is 0.369. The molecule has 0 unspecified atom stereocenters. The number of hydrogen-bond donors (Lipinski definition) is 0. The van der Waals surface area contributed by atoms with E-state index in [1.54, 1.807) is 0 Å². The standard InChI is InChI=1S/C13H24/c1-4-6-7-8-9-10-11-12-13(3)5-2/h4-5H,1,6-12H2,2-3H3.